The van der Waals surface area contributed by atoms with Gasteiger partial charge in [0.2, 0.25) is 0 Å². The van der Waals surface area contributed by atoms with Gasteiger partial charge in [-0.15, -0.1) is 0 Å². The van der Waals surface area contributed by atoms with Gasteiger partial charge in [0, 0.05) is 18.8 Å². The summed E-state index contributed by atoms with van der Waals surface area (Å²) in [6.45, 7) is 0. The Labute approximate surface area is 122 Å². The quantitative estimate of drug-likeness (QED) is 0.544. The van der Waals surface area contributed by atoms with Crippen LogP contribution in [0.1, 0.15) is 12.0 Å². The topological polar surface area (TPSA) is 123 Å². The Hall–Kier alpha value is -2.41. The zero-order valence-corrected chi connectivity index (χ0v) is 11.7. The van der Waals surface area contributed by atoms with Crippen LogP contribution in [-0.2, 0) is 25.5 Å². The first-order chi connectivity index (χ1) is 9.93. The molecule has 4 N–H and O–H groups in total. The Kier molecular flexibility index (Phi) is 6.35. The third-order valence-corrected chi connectivity index (χ3v) is 2.87. The Morgan fingerprint density at radius 3 is 2.43 bits per heavy atom. The molecule has 0 spiro atoms. The van der Waals surface area contributed by atoms with Crippen LogP contribution in [0, 0.1) is 0 Å². The SMILES string of the molecule is COC(=O)[C@H](Cc1ccccc1)NC(=O)[C@H]([NH3+])CC(=O)[O-]. The fraction of sp³-hybridized carbons (Fsp3) is 0.357. The van der Waals surface area contributed by atoms with Crippen LogP contribution < -0.4 is 16.2 Å². The number of benzene rings is 1. The second kappa shape index (κ2) is 8.01. The number of esters is 1. The molecule has 21 heavy (non-hydrogen) atoms. The number of carbonyl (C=O) groups is 3. The first kappa shape index (κ1) is 16.6. The number of aliphatic carboxylic acids is 1. The molecule has 0 heterocycles. The van der Waals surface area contributed by atoms with Crippen LogP contribution in [-0.4, -0.2) is 37.0 Å². The highest BCUT2D eigenvalue weighted by atomic mass is 16.5. The first-order valence-corrected chi connectivity index (χ1v) is 6.39. The zero-order valence-electron chi connectivity index (χ0n) is 11.7. The van der Waals surface area contributed by atoms with Crippen LogP contribution in [0.3, 0.4) is 0 Å². The number of carbonyl (C=O) groups excluding carboxylic acids is 3. The molecule has 1 amide bonds. The van der Waals surface area contributed by atoms with Crippen LogP contribution in [0.25, 0.3) is 0 Å². The van der Waals surface area contributed by atoms with Crippen molar-refractivity contribution < 1.29 is 30.0 Å². The van der Waals surface area contributed by atoms with Gasteiger partial charge in [-0.3, -0.25) is 4.79 Å². The van der Waals surface area contributed by atoms with E-state index >= 15 is 0 Å². The minimum absolute atomic E-state index is 0.247. The third-order valence-electron chi connectivity index (χ3n) is 2.87. The summed E-state index contributed by atoms with van der Waals surface area (Å²) < 4.78 is 4.64. The van der Waals surface area contributed by atoms with Crippen molar-refractivity contribution in [2.75, 3.05) is 7.11 Å². The first-order valence-electron chi connectivity index (χ1n) is 6.39. The Bertz CT molecular complexity index is 503. The van der Waals surface area contributed by atoms with Crippen molar-refractivity contribution in [3.63, 3.8) is 0 Å². The second-order valence-electron chi connectivity index (χ2n) is 4.55. The van der Waals surface area contributed by atoms with Crippen molar-refractivity contribution in [1.82, 2.24) is 5.32 Å². The minimum atomic E-state index is -1.37. The molecule has 0 fully saturated rings. The maximum atomic E-state index is 11.8. The number of hydrogen-bond acceptors (Lipinski definition) is 5. The summed E-state index contributed by atoms with van der Waals surface area (Å²) in [5, 5.41) is 12.9. The molecule has 0 saturated heterocycles. The monoisotopic (exact) mass is 294 g/mol. The predicted molar refractivity (Wildman–Crippen MR) is 70.4 cm³/mol. The van der Waals surface area contributed by atoms with Crippen molar-refractivity contribution in [2.45, 2.75) is 24.9 Å². The number of quaternary nitrogens is 1. The summed E-state index contributed by atoms with van der Waals surface area (Å²) in [6, 6.07) is 7.16. The summed E-state index contributed by atoms with van der Waals surface area (Å²) in [6.07, 6.45) is -0.262. The molecule has 0 aliphatic rings. The average molecular weight is 294 g/mol. The van der Waals surface area contributed by atoms with E-state index in [2.05, 4.69) is 15.8 Å². The van der Waals surface area contributed by atoms with Gasteiger partial charge in [0.05, 0.1) is 7.11 Å². The van der Waals surface area contributed by atoms with E-state index < -0.39 is 36.4 Å². The molecule has 0 saturated carbocycles. The Morgan fingerprint density at radius 1 is 1.29 bits per heavy atom. The van der Waals surface area contributed by atoms with E-state index in [9.17, 15) is 19.5 Å². The van der Waals surface area contributed by atoms with E-state index in [1.54, 1.807) is 0 Å². The maximum absolute atomic E-state index is 11.8. The standard InChI is InChI=1S/C14H18N2O5/c1-21-14(20)11(7-9-5-3-2-4-6-9)16-13(19)10(15)8-12(17)18/h2-6,10-11H,7-8,15H2,1H3,(H,16,19)(H,17,18)/t10-,11+/m1/s1. The van der Waals surface area contributed by atoms with Gasteiger partial charge < -0.3 is 25.7 Å². The number of carboxylic acids is 1. The number of rotatable bonds is 7. The van der Waals surface area contributed by atoms with Crippen LogP contribution in [0.5, 0.6) is 0 Å². The minimum Gasteiger partial charge on any atom is -0.550 e. The van der Waals surface area contributed by atoms with Crippen molar-refractivity contribution >= 4 is 17.8 Å². The van der Waals surface area contributed by atoms with Gasteiger partial charge in [0.15, 0.2) is 6.04 Å². The number of methoxy groups -OCH3 is 1. The fourth-order valence-electron chi connectivity index (χ4n) is 1.77. The summed E-state index contributed by atoms with van der Waals surface area (Å²) in [5.74, 6) is -2.61. The highest BCUT2D eigenvalue weighted by Gasteiger charge is 2.26. The van der Waals surface area contributed by atoms with Gasteiger partial charge in [0.1, 0.15) is 6.04 Å². The van der Waals surface area contributed by atoms with Crippen molar-refractivity contribution in [2.24, 2.45) is 0 Å². The molecule has 1 rings (SSSR count). The van der Waals surface area contributed by atoms with Crippen molar-refractivity contribution in [1.29, 1.82) is 0 Å². The van der Waals surface area contributed by atoms with Crippen molar-refractivity contribution in [3.8, 4) is 0 Å². The molecule has 1 aromatic rings. The molecule has 0 aliphatic heterocycles. The molecule has 114 valence electrons. The van der Waals surface area contributed by atoms with Crippen LogP contribution in [0.2, 0.25) is 0 Å². The van der Waals surface area contributed by atoms with E-state index in [0.717, 1.165) is 5.56 Å². The average Bonchev–Trinajstić information content (AvgIpc) is 2.46. The molecule has 0 aliphatic carbocycles. The van der Waals surface area contributed by atoms with E-state index in [1.807, 2.05) is 30.3 Å². The predicted octanol–water partition coefficient (Wildman–Crippen LogP) is -2.36. The molecular formula is C14H18N2O5. The fourth-order valence-corrected chi connectivity index (χ4v) is 1.77. The van der Waals surface area contributed by atoms with E-state index in [0.29, 0.717) is 0 Å². The molecule has 7 heteroatoms. The molecular weight excluding hydrogens is 276 g/mol. The molecule has 0 aromatic heterocycles. The second-order valence-corrected chi connectivity index (χ2v) is 4.55. The van der Waals surface area contributed by atoms with E-state index in [1.165, 1.54) is 7.11 Å². The molecule has 1 aromatic carbocycles. The maximum Gasteiger partial charge on any atom is 0.328 e. The summed E-state index contributed by atoms with van der Waals surface area (Å²) >= 11 is 0. The number of amides is 1. The van der Waals surface area contributed by atoms with Gasteiger partial charge >= 0.3 is 5.97 Å². The third kappa shape index (κ3) is 5.62. The lowest BCUT2D eigenvalue weighted by molar-refractivity contribution is -0.408. The number of carboxylic acid groups (broad SMARTS) is 1. The van der Waals surface area contributed by atoms with Gasteiger partial charge in [-0.25, -0.2) is 4.79 Å². The van der Waals surface area contributed by atoms with E-state index in [4.69, 9.17) is 0 Å². The van der Waals surface area contributed by atoms with Crippen LogP contribution in [0.15, 0.2) is 30.3 Å². The smallest absolute Gasteiger partial charge is 0.328 e. The van der Waals surface area contributed by atoms with Gasteiger partial charge in [-0.2, -0.15) is 0 Å². The highest BCUT2D eigenvalue weighted by Crippen LogP contribution is 2.05. The largest absolute Gasteiger partial charge is 0.550 e. The molecule has 2 atom stereocenters. The molecule has 0 radical (unpaired) electrons. The lowest BCUT2D eigenvalue weighted by Gasteiger charge is -2.18. The molecule has 0 unspecified atom stereocenters. The Morgan fingerprint density at radius 2 is 1.90 bits per heavy atom. The van der Waals surface area contributed by atoms with Gasteiger partial charge in [-0.1, -0.05) is 30.3 Å². The Balaban J connectivity index is 2.72. The lowest BCUT2D eigenvalue weighted by Crippen LogP contribution is -2.69. The highest BCUT2D eigenvalue weighted by molar-refractivity contribution is 5.88. The number of hydrogen-bond donors (Lipinski definition) is 2. The lowest BCUT2D eigenvalue weighted by atomic mass is 10.1. The van der Waals surface area contributed by atoms with Crippen LogP contribution in [0.4, 0.5) is 0 Å². The van der Waals surface area contributed by atoms with Gasteiger partial charge in [-0.05, 0) is 5.56 Å². The number of ether oxygens (including phenoxy) is 1. The molecule has 7 nitrogen and oxygen atoms in total. The summed E-state index contributed by atoms with van der Waals surface area (Å²) in [5.41, 5.74) is 4.28. The molecule has 0 bridgehead atoms. The van der Waals surface area contributed by atoms with Gasteiger partial charge in [0.25, 0.3) is 5.91 Å². The van der Waals surface area contributed by atoms with Crippen LogP contribution >= 0.6 is 0 Å². The summed E-state index contributed by atoms with van der Waals surface area (Å²) in [4.78, 5) is 34.0. The van der Waals surface area contributed by atoms with Crippen molar-refractivity contribution in [3.05, 3.63) is 35.9 Å². The number of nitrogens with one attached hydrogen (secondary N) is 1. The zero-order chi connectivity index (χ0) is 15.8. The summed E-state index contributed by atoms with van der Waals surface area (Å²) in [7, 11) is 1.22. The normalized spacial score (nSPS) is 13.0. The van der Waals surface area contributed by atoms with E-state index in [-0.39, 0.29) is 6.42 Å².